The van der Waals surface area contributed by atoms with Gasteiger partial charge in [-0.05, 0) is 6.07 Å². The second-order valence-corrected chi connectivity index (χ2v) is 3.78. The Morgan fingerprint density at radius 1 is 1.47 bits per heavy atom. The van der Waals surface area contributed by atoms with Gasteiger partial charge in [-0.2, -0.15) is 0 Å². The van der Waals surface area contributed by atoms with Gasteiger partial charge in [-0.1, -0.05) is 11.6 Å². The lowest BCUT2D eigenvalue weighted by Crippen LogP contribution is -2.11. The zero-order valence-corrected chi connectivity index (χ0v) is 9.19. The highest BCUT2D eigenvalue weighted by molar-refractivity contribution is 6.35. The number of aliphatic hydroxyl groups is 1. The average Bonchev–Trinajstić information content (AvgIpc) is 2.29. The highest BCUT2D eigenvalue weighted by atomic mass is 35.5. The number of fused-ring (bicyclic) bond motifs is 1. The van der Waals surface area contributed by atoms with E-state index in [9.17, 15) is 14.9 Å². The summed E-state index contributed by atoms with van der Waals surface area (Å²) in [6.07, 6.45) is 1.24. The Labute approximate surface area is 99.6 Å². The van der Waals surface area contributed by atoms with Gasteiger partial charge in [0.05, 0.1) is 21.9 Å². The second kappa shape index (κ2) is 4.15. The molecule has 0 aliphatic rings. The zero-order chi connectivity index (χ0) is 12.6. The van der Waals surface area contributed by atoms with Crippen LogP contribution in [0.2, 0.25) is 5.02 Å². The molecular formula is C10H7ClN2O4. The van der Waals surface area contributed by atoms with Crippen LogP contribution < -0.4 is 5.43 Å². The average molecular weight is 255 g/mol. The molecule has 17 heavy (non-hydrogen) atoms. The van der Waals surface area contributed by atoms with Crippen molar-refractivity contribution in [2.24, 2.45) is 0 Å². The number of nitro benzene ring substituents is 1. The first kappa shape index (κ1) is 11.6. The number of pyridine rings is 1. The van der Waals surface area contributed by atoms with E-state index in [0.29, 0.717) is 0 Å². The molecule has 0 aliphatic carbocycles. The minimum atomic E-state index is -0.604. The van der Waals surface area contributed by atoms with Gasteiger partial charge in [0.2, 0.25) is 0 Å². The molecule has 2 rings (SSSR count). The van der Waals surface area contributed by atoms with E-state index in [-0.39, 0.29) is 27.2 Å². The van der Waals surface area contributed by atoms with Gasteiger partial charge in [-0.15, -0.1) is 0 Å². The third kappa shape index (κ3) is 1.77. The van der Waals surface area contributed by atoms with Crippen LogP contribution in [0.4, 0.5) is 5.69 Å². The first-order valence-corrected chi connectivity index (χ1v) is 5.02. The van der Waals surface area contributed by atoms with Crippen molar-refractivity contribution in [1.29, 1.82) is 0 Å². The number of H-pyrrole nitrogens is 1. The highest BCUT2D eigenvalue weighted by Gasteiger charge is 2.17. The van der Waals surface area contributed by atoms with Gasteiger partial charge >= 0.3 is 0 Å². The van der Waals surface area contributed by atoms with Gasteiger partial charge in [0.15, 0.2) is 5.43 Å². The Balaban J connectivity index is 2.97. The number of non-ortho nitro benzene ring substituents is 1. The Bertz CT molecular complexity index is 665. The molecule has 88 valence electrons. The minimum Gasteiger partial charge on any atom is -0.391 e. The number of nitro groups is 1. The van der Waals surface area contributed by atoms with E-state index in [1.807, 2.05) is 0 Å². The van der Waals surface area contributed by atoms with Crippen LogP contribution in [0.25, 0.3) is 10.9 Å². The van der Waals surface area contributed by atoms with Crippen LogP contribution in [0.3, 0.4) is 0 Å². The van der Waals surface area contributed by atoms with Gasteiger partial charge in [0, 0.05) is 17.8 Å². The molecule has 1 aromatic carbocycles. The van der Waals surface area contributed by atoms with Crippen molar-refractivity contribution >= 4 is 28.2 Å². The Kier molecular flexibility index (Phi) is 2.83. The van der Waals surface area contributed by atoms with Gasteiger partial charge in [0.25, 0.3) is 5.69 Å². The number of hydrogen-bond donors (Lipinski definition) is 2. The lowest BCUT2D eigenvalue weighted by molar-refractivity contribution is -0.383. The standard InChI is InChI=1S/C10H7ClN2O4/c11-6-1-2-7(13(16)17)9-8(6)10(15)5(4-14)3-12-9/h1-3,14H,4H2,(H,12,15). The van der Waals surface area contributed by atoms with E-state index in [1.165, 1.54) is 18.3 Å². The van der Waals surface area contributed by atoms with Gasteiger partial charge in [-0.3, -0.25) is 14.9 Å². The van der Waals surface area contributed by atoms with Gasteiger partial charge in [-0.25, -0.2) is 0 Å². The molecule has 1 heterocycles. The van der Waals surface area contributed by atoms with Crippen LogP contribution in [0, 0.1) is 10.1 Å². The molecule has 0 spiro atoms. The van der Waals surface area contributed by atoms with E-state index < -0.39 is 17.0 Å². The molecule has 2 N–H and O–H groups in total. The molecule has 7 heteroatoms. The van der Waals surface area contributed by atoms with Crippen molar-refractivity contribution in [2.75, 3.05) is 0 Å². The lowest BCUT2D eigenvalue weighted by Gasteiger charge is -2.03. The summed E-state index contributed by atoms with van der Waals surface area (Å²) in [5.41, 5.74) is -0.564. The van der Waals surface area contributed by atoms with Crippen molar-refractivity contribution in [3.8, 4) is 0 Å². The van der Waals surface area contributed by atoms with E-state index in [2.05, 4.69) is 4.98 Å². The summed E-state index contributed by atoms with van der Waals surface area (Å²) in [5.74, 6) is 0. The third-order valence-corrected chi connectivity index (χ3v) is 2.72. The SMILES string of the molecule is O=c1c(CO)c[nH]c2c([N+](=O)[O-])ccc(Cl)c12. The van der Waals surface area contributed by atoms with Crippen molar-refractivity contribution in [3.63, 3.8) is 0 Å². The molecule has 0 saturated heterocycles. The summed E-state index contributed by atoms with van der Waals surface area (Å²) >= 11 is 5.84. The number of aliphatic hydroxyl groups excluding tert-OH is 1. The summed E-state index contributed by atoms with van der Waals surface area (Å²) in [7, 11) is 0. The normalized spacial score (nSPS) is 10.7. The molecule has 1 aromatic heterocycles. The van der Waals surface area contributed by atoms with Gasteiger partial charge in [0.1, 0.15) is 5.52 Å². The predicted molar refractivity (Wildman–Crippen MR) is 62.2 cm³/mol. The molecule has 0 amide bonds. The van der Waals surface area contributed by atoms with Crippen molar-refractivity contribution in [1.82, 2.24) is 4.98 Å². The van der Waals surface area contributed by atoms with Crippen LogP contribution in [-0.4, -0.2) is 15.0 Å². The molecule has 0 saturated carbocycles. The number of nitrogens with one attached hydrogen (secondary N) is 1. The van der Waals surface area contributed by atoms with Crippen molar-refractivity contribution in [3.05, 3.63) is 49.3 Å². The van der Waals surface area contributed by atoms with E-state index in [1.54, 1.807) is 0 Å². The third-order valence-electron chi connectivity index (χ3n) is 2.41. The second-order valence-electron chi connectivity index (χ2n) is 3.37. The van der Waals surface area contributed by atoms with Crippen molar-refractivity contribution in [2.45, 2.75) is 6.61 Å². The zero-order valence-electron chi connectivity index (χ0n) is 8.44. The Morgan fingerprint density at radius 3 is 2.76 bits per heavy atom. The molecule has 0 aliphatic heterocycles. The fourth-order valence-corrected chi connectivity index (χ4v) is 1.83. The fourth-order valence-electron chi connectivity index (χ4n) is 1.59. The van der Waals surface area contributed by atoms with E-state index in [4.69, 9.17) is 16.7 Å². The predicted octanol–water partition coefficient (Wildman–Crippen LogP) is 1.58. The Hall–Kier alpha value is -1.92. The van der Waals surface area contributed by atoms with Gasteiger partial charge < -0.3 is 10.1 Å². The van der Waals surface area contributed by atoms with Crippen LogP contribution in [0.15, 0.2) is 23.1 Å². The maximum Gasteiger partial charge on any atom is 0.293 e. The molecule has 0 fully saturated rings. The number of aromatic amines is 1. The fraction of sp³-hybridized carbons (Fsp3) is 0.100. The quantitative estimate of drug-likeness (QED) is 0.628. The number of benzene rings is 1. The molecule has 2 aromatic rings. The van der Waals surface area contributed by atoms with Crippen molar-refractivity contribution < 1.29 is 10.0 Å². The minimum absolute atomic E-state index is 0.0208. The lowest BCUT2D eigenvalue weighted by atomic mass is 10.1. The smallest absolute Gasteiger partial charge is 0.293 e. The van der Waals surface area contributed by atoms with Crippen LogP contribution in [0.5, 0.6) is 0 Å². The molecule has 0 atom stereocenters. The first-order valence-electron chi connectivity index (χ1n) is 4.64. The number of hydrogen-bond acceptors (Lipinski definition) is 4. The van der Waals surface area contributed by atoms with Crippen LogP contribution in [0.1, 0.15) is 5.56 Å². The first-order chi connectivity index (χ1) is 8.06. The summed E-state index contributed by atoms with van der Waals surface area (Å²) < 4.78 is 0. The summed E-state index contributed by atoms with van der Waals surface area (Å²) in [6.45, 7) is -0.454. The molecule has 0 unspecified atom stereocenters. The largest absolute Gasteiger partial charge is 0.391 e. The maximum atomic E-state index is 11.9. The summed E-state index contributed by atoms with van der Waals surface area (Å²) in [4.78, 5) is 24.7. The summed E-state index contributed by atoms with van der Waals surface area (Å²) in [6, 6.07) is 2.51. The van der Waals surface area contributed by atoms with E-state index in [0.717, 1.165) is 0 Å². The molecule has 6 nitrogen and oxygen atoms in total. The highest BCUT2D eigenvalue weighted by Crippen LogP contribution is 2.27. The summed E-state index contributed by atoms with van der Waals surface area (Å²) in [5, 5.41) is 19.9. The maximum absolute atomic E-state index is 11.9. The molecule has 0 radical (unpaired) electrons. The van der Waals surface area contributed by atoms with Crippen LogP contribution >= 0.6 is 11.6 Å². The number of halogens is 1. The number of rotatable bonds is 2. The Morgan fingerprint density at radius 2 is 2.18 bits per heavy atom. The monoisotopic (exact) mass is 254 g/mol. The number of nitrogens with zero attached hydrogens (tertiary/aromatic N) is 1. The number of aromatic nitrogens is 1. The van der Waals surface area contributed by atoms with Crippen LogP contribution in [-0.2, 0) is 6.61 Å². The topological polar surface area (TPSA) is 96.2 Å². The molecule has 0 bridgehead atoms. The molecular weight excluding hydrogens is 248 g/mol. The van der Waals surface area contributed by atoms with E-state index >= 15 is 0 Å².